The molecule has 0 aliphatic carbocycles. The Hall–Kier alpha value is -1.12. The number of nitrogens with two attached hydrogens (primary N) is 2. The highest BCUT2D eigenvalue weighted by molar-refractivity contribution is 5.19. The summed E-state index contributed by atoms with van der Waals surface area (Å²) in [7, 11) is 0. The van der Waals surface area contributed by atoms with E-state index in [-0.39, 0.29) is 5.92 Å². The summed E-state index contributed by atoms with van der Waals surface area (Å²) in [5.74, 6) is 0.218. The standard InChI is InChI=1S/C13H22N2/c1-5-8-12(9-6-2)11(4)13(14,15)10-7-3/h5-7,12H,1-4,8-10,14-15H2. The number of hydrogen-bond acceptors (Lipinski definition) is 2. The first-order valence-corrected chi connectivity index (χ1v) is 5.09. The number of allylic oxidation sites excluding steroid dienone is 2. The summed E-state index contributed by atoms with van der Waals surface area (Å²) in [5, 5.41) is 0. The summed E-state index contributed by atoms with van der Waals surface area (Å²) in [5.41, 5.74) is 11.9. The maximum atomic E-state index is 5.97. The molecule has 15 heavy (non-hydrogen) atoms. The molecular weight excluding hydrogens is 184 g/mol. The van der Waals surface area contributed by atoms with Gasteiger partial charge in [-0.05, 0) is 24.3 Å². The van der Waals surface area contributed by atoms with Crippen LogP contribution in [0.1, 0.15) is 19.3 Å². The topological polar surface area (TPSA) is 52.0 Å². The third-order valence-corrected chi connectivity index (χ3v) is 2.48. The van der Waals surface area contributed by atoms with Crippen LogP contribution >= 0.6 is 0 Å². The van der Waals surface area contributed by atoms with Gasteiger partial charge < -0.3 is 11.5 Å². The summed E-state index contributed by atoms with van der Waals surface area (Å²) >= 11 is 0. The van der Waals surface area contributed by atoms with Crippen LogP contribution in [-0.4, -0.2) is 5.66 Å². The average Bonchev–Trinajstić information content (AvgIpc) is 2.16. The van der Waals surface area contributed by atoms with Gasteiger partial charge in [-0.1, -0.05) is 24.8 Å². The lowest BCUT2D eigenvalue weighted by Gasteiger charge is -2.31. The molecule has 84 valence electrons. The first-order chi connectivity index (χ1) is 6.99. The Balaban J connectivity index is 4.66. The average molecular weight is 206 g/mol. The van der Waals surface area contributed by atoms with Gasteiger partial charge in [0.05, 0.1) is 5.66 Å². The van der Waals surface area contributed by atoms with Crippen LogP contribution in [0.25, 0.3) is 0 Å². The van der Waals surface area contributed by atoms with Crippen molar-refractivity contribution in [3.63, 3.8) is 0 Å². The molecule has 4 N–H and O–H groups in total. The Morgan fingerprint density at radius 1 is 1.07 bits per heavy atom. The molecule has 0 radical (unpaired) electrons. The Morgan fingerprint density at radius 3 is 1.87 bits per heavy atom. The van der Waals surface area contributed by atoms with Gasteiger partial charge in [0.1, 0.15) is 0 Å². The minimum atomic E-state index is -0.877. The zero-order valence-electron chi connectivity index (χ0n) is 9.41. The fourth-order valence-electron chi connectivity index (χ4n) is 1.53. The third kappa shape index (κ3) is 4.28. The second kappa shape index (κ2) is 6.38. The molecule has 0 aromatic rings. The summed E-state index contributed by atoms with van der Waals surface area (Å²) < 4.78 is 0. The van der Waals surface area contributed by atoms with Crippen molar-refractivity contribution in [2.75, 3.05) is 0 Å². The third-order valence-electron chi connectivity index (χ3n) is 2.48. The SMILES string of the molecule is C=CCC(CC=C)C(=C)C(N)(N)CC=C. The fourth-order valence-corrected chi connectivity index (χ4v) is 1.53. The largest absolute Gasteiger partial charge is 0.310 e. The summed E-state index contributed by atoms with van der Waals surface area (Å²) in [6.07, 6.45) is 7.57. The van der Waals surface area contributed by atoms with E-state index in [1.54, 1.807) is 6.08 Å². The molecule has 0 spiro atoms. The normalized spacial score (nSPS) is 11.1. The monoisotopic (exact) mass is 206 g/mol. The van der Waals surface area contributed by atoms with Crippen molar-refractivity contribution in [2.45, 2.75) is 24.9 Å². The van der Waals surface area contributed by atoms with Gasteiger partial charge in [-0.25, -0.2) is 0 Å². The predicted molar refractivity (Wildman–Crippen MR) is 68.2 cm³/mol. The second-order valence-electron chi connectivity index (χ2n) is 3.80. The van der Waals surface area contributed by atoms with Gasteiger partial charge in [-0.15, -0.1) is 19.7 Å². The molecule has 2 heteroatoms. The minimum Gasteiger partial charge on any atom is -0.310 e. The highest BCUT2D eigenvalue weighted by Gasteiger charge is 2.26. The van der Waals surface area contributed by atoms with Gasteiger partial charge in [-0.3, -0.25) is 0 Å². The lowest BCUT2D eigenvalue weighted by atomic mass is 9.84. The maximum absolute atomic E-state index is 5.97. The Bertz CT molecular complexity index is 241. The number of hydrogen-bond donors (Lipinski definition) is 2. The van der Waals surface area contributed by atoms with E-state index in [2.05, 4.69) is 26.3 Å². The molecule has 0 heterocycles. The highest BCUT2D eigenvalue weighted by atomic mass is 15.0. The van der Waals surface area contributed by atoms with E-state index in [1.165, 1.54) is 0 Å². The van der Waals surface area contributed by atoms with E-state index < -0.39 is 5.66 Å². The van der Waals surface area contributed by atoms with Crippen LogP contribution < -0.4 is 11.5 Å². The van der Waals surface area contributed by atoms with Crippen molar-refractivity contribution in [2.24, 2.45) is 17.4 Å². The molecule has 0 atom stereocenters. The molecule has 0 bridgehead atoms. The molecule has 2 nitrogen and oxygen atoms in total. The molecule has 0 aromatic heterocycles. The summed E-state index contributed by atoms with van der Waals surface area (Å²) in [6.45, 7) is 15.1. The highest BCUT2D eigenvalue weighted by Crippen LogP contribution is 2.26. The van der Waals surface area contributed by atoms with Crippen molar-refractivity contribution >= 4 is 0 Å². The second-order valence-corrected chi connectivity index (χ2v) is 3.80. The summed E-state index contributed by atoms with van der Waals surface area (Å²) in [6, 6.07) is 0. The van der Waals surface area contributed by atoms with Crippen molar-refractivity contribution < 1.29 is 0 Å². The predicted octanol–water partition coefficient (Wildman–Crippen LogP) is 2.50. The Morgan fingerprint density at radius 2 is 1.53 bits per heavy atom. The van der Waals surface area contributed by atoms with E-state index >= 15 is 0 Å². The van der Waals surface area contributed by atoms with Gasteiger partial charge in [0.25, 0.3) is 0 Å². The molecule has 0 unspecified atom stereocenters. The van der Waals surface area contributed by atoms with Crippen LogP contribution in [-0.2, 0) is 0 Å². The lowest BCUT2D eigenvalue weighted by molar-refractivity contribution is 0.449. The maximum Gasteiger partial charge on any atom is 0.0893 e. The van der Waals surface area contributed by atoms with Crippen molar-refractivity contribution in [1.82, 2.24) is 0 Å². The van der Waals surface area contributed by atoms with Crippen LogP contribution in [0.5, 0.6) is 0 Å². The van der Waals surface area contributed by atoms with Crippen LogP contribution in [0.2, 0.25) is 0 Å². The van der Waals surface area contributed by atoms with Crippen LogP contribution in [0.3, 0.4) is 0 Å². The smallest absolute Gasteiger partial charge is 0.0893 e. The van der Waals surface area contributed by atoms with Crippen molar-refractivity contribution in [3.05, 3.63) is 50.1 Å². The van der Waals surface area contributed by atoms with E-state index in [0.717, 1.165) is 18.4 Å². The van der Waals surface area contributed by atoms with E-state index in [0.29, 0.717) is 6.42 Å². The lowest BCUT2D eigenvalue weighted by Crippen LogP contribution is -2.52. The van der Waals surface area contributed by atoms with Gasteiger partial charge in [0, 0.05) is 6.42 Å². The molecule has 0 aliphatic rings. The Labute approximate surface area is 93.0 Å². The van der Waals surface area contributed by atoms with Crippen molar-refractivity contribution in [1.29, 1.82) is 0 Å². The first kappa shape index (κ1) is 13.9. The molecular formula is C13H22N2. The number of rotatable bonds is 8. The quantitative estimate of drug-likeness (QED) is 0.473. The van der Waals surface area contributed by atoms with Crippen LogP contribution in [0.15, 0.2) is 50.1 Å². The van der Waals surface area contributed by atoms with Crippen LogP contribution in [0, 0.1) is 5.92 Å². The Kier molecular flexibility index (Phi) is 5.90. The van der Waals surface area contributed by atoms with E-state index in [9.17, 15) is 0 Å². The molecule has 0 saturated carbocycles. The molecule has 0 fully saturated rings. The molecule has 0 aromatic carbocycles. The van der Waals surface area contributed by atoms with E-state index in [4.69, 9.17) is 11.5 Å². The first-order valence-electron chi connectivity index (χ1n) is 5.09. The molecule has 0 saturated heterocycles. The minimum absolute atomic E-state index is 0.218. The van der Waals surface area contributed by atoms with Gasteiger partial charge >= 0.3 is 0 Å². The van der Waals surface area contributed by atoms with Gasteiger partial charge in [-0.2, -0.15) is 0 Å². The summed E-state index contributed by atoms with van der Waals surface area (Å²) in [4.78, 5) is 0. The molecule has 0 aliphatic heterocycles. The zero-order chi connectivity index (χ0) is 11.9. The zero-order valence-corrected chi connectivity index (χ0v) is 9.41. The van der Waals surface area contributed by atoms with E-state index in [1.807, 2.05) is 12.2 Å². The van der Waals surface area contributed by atoms with Gasteiger partial charge in [0.2, 0.25) is 0 Å². The molecule has 0 rings (SSSR count). The van der Waals surface area contributed by atoms with Crippen LogP contribution in [0.4, 0.5) is 0 Å². The molecule has 0 amide bonds. The fraction of sp³-hybridized carbons (Fsp3) is 0.385. The van der Waals surface area contributed by atoms with Gasteiger partial charge in [0.15, 0.2) is 0 Å². The van der Waals surface area contributed by atoms with Crippen molar-refractivity contribution in [3.8, 4) is 0 Å².